The second-order valence-corrected chi connectivity index (χ2v) is 5.31. The number of aryl methyl sites for hydroxylation is 1. The molecule has 1 heterocycles. The molecule has 0 saturated heterocycles. The molecular weight excluding hydrogens is 431 g/mol. The average Bonchev–Trinajstić information content (AvgIpc) is 3.01. The van der Waals surface area contributed by atoms with E-state index in [0.29, 0.717) is 19.0 Å². The summed E-state index contributed by atoms with van der Waals surface area (Å²) in [4.78, 5) is 16.0. The lowest BCUT2D eigenvalue weighted by atomic mass is 10.1. The van der Waals surface area contributed by atoms with Gasteiger partial charge >= 0.3 is 0 Å². The van der Waals surface area contributed by atoms with Gasteiger partial charge in [0.25, 0.3) is 0 Å². The predicted molar refractivity (Wildman–Crippen MR) is 110 cm³/mol. The second-order valence-electron chi connectivity index (χ2n) is 5.31. The summed E-state index contributed by atoms with van der Waals surface area (Å²) in [6.07, 6.45) is 2.56. The van der Waals surface area contributed by atoms with E-state index < -0.39 is 0 Å². The molecule has 1 aromatic heterocycles. The Morgan fingerprint density at radius 2 is 1.92 bits per heavy atom. The number of guanidine groups is 1. The SMILES string of the molecule is CN=C(NCC(=O)NCCc1ccccc1)NCc1ccnn1C.I. The van der Waals surface area contributed by atoms with Gasteiger partial charge in [0.05, 0.1) is 18.8 Å². The first-order valence-corrected chi connectivity index (χ1v) is 7.91. The molecule has 136 valence electrons. The Balaban J connectivity index is 0.00000312. The third-order valence-electron chi connectivity index (χ3n) is 3.58. The maximum absolute atomic E-state index is 11.9. The maximum Gasteiger partial charge on any atom is 0.239 e. The van der Waals surface area contributed by atoms with Crippen molar-refractivity contribution in [3.05, 3.63) is 53.9 Å². The van der Waals surface area contributed by atoms with Crippen LogP contribution in [0.25, 0.3) is 0 Å². The van der Waals surface area contributed by atoms with Crippen molar-refractivity contribution in [3.63, 3.8) is 0 Å². The number of aromatic nitrogens is 2. The lowest BCUT2D eigenvalue weighted by Crippen LogP contribution is -2.43. The monoisotopic (exact) mass is 456 g/mol. The van der Waals surface area contributed by atoms with Gasteiger partial charge in [-0.3, -0.25) is 14.5 Å². The molecule has 0 aliphatic heterocycles. The highest BCUT2D eigenvalue weighted by Crippen LogP contribution is 1.98. The summed E-state index contributed by atoms with van der Waals surface area (Å²) in [5, 5.41) is 13.1. The second kappa shape index (κ2) is 11.5. The van der Waals surface area contributed by atoms with Gasteiger partial charge in [-0.1, -0.05) is 30.3 Å². The molecule has 2 aromatic rings. The summed E-state index contributed by atoms with van der Waals surface area (Å²) in [7, 11) is 3.55. The van der Waals surface area contributed by atoms with E-state index in [4.69, 9.17) is 0 Å². The number of nitrogens with one attached hydrogen (secondary N) is 3. The molecule has 0 saturated carbocycles. The lowest BCUT2D eigenvalue weighted by molar-refractivity contribution is -0.119. The van der Waals surface area contributed by atoms with Crippen molar-refractivity contribution in [2.24, 2.45) is 12.0 Å². The number of rotatable bonds is 7. The van der Waals surface area contributed by atoms with Crippen molar-refractivity contribution in [2.45, 2.75) is 13.0 Å². The first-order chi connectivity index (χ1) is 11.7. The number of halogens is 1. The number of hydrogen-bond acceptors (Lipinski definition) is 3. The Bertz CT molecular complexity index is 671. The van der Waals surface area contributed by atoms with Crippen LogP contribution in [0, 0.1) is 0 Å². The smallest absolute Gasteiger partial charge is 0.239 e. The van der Waals surface area contributed by atoms with Gasteiger partial charge in [0.2, 0.25) is 5.91 Å². The topological polar surface area (TPSA) is 83.3 Å². The Labute approximate surface area is 165 Å². The van der Waals surface area contributed by atoms with Gasteiger partial charge in [-0.25, -0.2) is 0 Å². The molecular formula is C17H25IN6O. The summed E-state index contributed by atoms with van der Waals surface area (Å²) < 4.78 is 1.79. The Morgan fingerprint density at radius 1 is 1.16 bits per heavy atom. The third-order valence-corrected chi connectivity index (χ3v) is 3.58. The average molecular weight is 456 g/mol. The van der Waals surface area contributed by atoms with Crippen LogP contribution in [0.1, 0.15) is 11.3 Å². The van der Waals surface area contributed by atoms with E-state index in [2.05, 4.69) is 38.2 Å². The molecule has 25 heavy (non-hydrogen) atoms. The first kappa shape index (κ1) is 20.9. The van der Waals surface area contributed by atoms with Crippen molar-refractivity contribution in [2.75, 3.05) is 20.1 Å². The molecule has 0 spiro atoms. The van der Waals surface area contributed by atoms with Gasteiger partial charge < -0.3 is 16.0 Å². The Hall–Kier alpha value is -2.10. The zero-order valence-corrected chi connectivity index (χ0v) is 16.9. The number of carbonyl (C=O) groups is 1. The van der Waals surface area contributed by atoms with E-state index in [0.717, 1.165) is 12.1 Å². The van der Waals surface area contributed by atoms with E-state index in [1.54, 1.807) is 17.9 Å². The zero-order chi connectivity index (χ0) is 17.2. The fraction of sp³-hybridized carbons (Fsp3) is 0.353. The van der Waals surface area contributed by atoms with Gasteiger partial charge in [0.15, 0.2) is 5.96 Å². The van der Waals surface area contributed by atoms with Crippen LogP contribution >= 0.6 is 24.0 Å². The van der Waals surface area contributed by atoms with Crippen LogP contribution in [0.3, 0.4) is 0 Å². The minimum Gasteiger partial charge on any atom is -0.354 e. The summed E-state index contributed by atoms with van der Waals surface area (Å²) in [6, 6.07) is 12.0. The van der Waals surface area contributed by atoms with E-state index in [9.17, 15) is 4.79 Å². The Kier molecular flexibility index (Phi) is 9.60. The summed E-state index contributed by atoms with van der Waals surface area (Å²) in [5.74, 6) is 0.517. The van der Waals surface area contributed by atoms with Gasteiger partial charge in [-0.05, 0) is 18.1 Å². The van der Waals surface area contributed by atoms with Gasteiger partial charge in [-0.15, -0.1) is 24.0 Å². The highest BCUT2D eigenvalue weighted by molar-refractivity contribution is 14.0. The molecule has 0 bridgehead atoms. The molecule has 8 heteroatoms. The van der Waals surface area contributed by atoms with Crippen LogP contribution in [0.5, 0.6) is 0 Å². The van der Waals surface area contributed by atoms with Crippen LogP contribution < -0.4 is 16.0 Å². The summed E-state index contributed by atoms with van der Waals surface area (Å²) >= 11 is 0. The highest BCUT2D eigenvalue weighted by atomic mass is 127. The number of carbonyl (C=O) groups excluding carboxylic acids is 1. The van der Waals surface area contributed by atoms with Crippen LogP contribution in [-0.4, -0.2) is 41.8 Å². The minimum absolute atomic E-state index is 0. The fourth-order valence-corrected chi connectivity index (χ4v) is 2.19. The van der Waals surface area contributed by atoms with Crippen LogP contribution in [0.4, 0.5) is 0 Å². The van der Waals surface area contributed by atoms with Crippen molar-refractivity contribution >= 4 is 35.8 Å². The molecule has 7 nitrogen and oxygen atoms in total. The molecule has 0 aliphatic carbocycles. The van der Waals surface area contributed by atoms with E-state index in [1.807, 2.05) is 31.3 Å². The molecule has 3 N–H and O–H groups in total. The van der Waals surface area contributed by atoms with Crippen LogP contribution in [-0.2, 0) is 24.8 Å². The largest absolute Gasteiger partial charge is 0.354 e. The molecule has 2 rings (SSSR count). The van der Waals surface area contributed by atoms with Crippen molar-refractivity contribution in [1.29, 1.82) is 0 Å². The molecule has 1 aromatic carbocycles. The zero-order valence-electron chi connectivity index (χ0n) is 14.5. The lowest BCUT2D eigenvalue weighted by Gasteiger charge is -2.12. The van der Waals surface area contributed by atoms with Gasteiger partial charge in [0, 0.05) is 26.8 Å². The van der Waals surface area contributed by atoms with Crippen molar-refractivity contribution in [1.82, 2.24) is 25.7 Å². The van der Waals surface area contributed by atoms with Crippen LogP contribution in [0.2, 0.25) is 0 Å². The van der Waals surface area contributed by atoms with E-state index in [1.165, 1.54) is 5.56 Å². The molecule has 0 radical (unpaired) electrons. The standard InChI is InChI=1S/C17H24N6O.HI/c1-18-17(20-12-15-9-11-22-23(15)2)21-13-16(24)19-10-8-14-6-4-3-5-7-14;/h3-7,9,11H,8,10,12-13H2,1-2H3,(H,19,24)(H2,18,20,21);1H. The number of nitrogens with zero attached hydrogens (tertiary/aromatic N) is 3. The molecule has 0 unspecified atom stereocenters. The fourth-order valence-electron chi connectivity index (χ4n) is 2.19. The van der Waals surface area contributed by atoms with Gasteiger partial charge in [0.1, 0.15) is 0 Å². The predicted octanol–water partition coefficient (Wildman–Crippen LogP) is 1.06. The summed E-state index contributed by atoms with van der Waals surface area (Å²) in [6.45, 7) is 1.39. The number of amides is 1. The van der Waals surface area contributed by atoms with Crippen LogP contribution in [0.15, 0.2) is 47.6 Å². The molecule has 0 fully saturated rings. The molecule has 0 atom stereocenters. The number of benzene rings is 1. The van der Waals surface area contributed by atoms with Crippen molar-refractivity contribution in [3.8, 4) is 0 Å². The maximum atomic E-state index is 11.9. The minimum atomic E-state index is -0.0607. The molecule has 1 amide bonds. The third kappa shape index (κ3) is 7.55. The number of aliphatic imine (C=N–C) groups is 1. The highest BCUT2D eigenvalue weighted by Gasteiger charge is 2.04. The van der Waals surface area contributed by atoms with E-state index >= 15 is 0 Å². The first-order valence-electron chi connectivity index (χ1n) is 7.91. The van der Waals surface area contributed by atoms with Gasteiger partial charge in [-0.2, -0.15) is 5.10 Å². The Morgan fingerprint density at radius 3 is 2.56 bits per heavy atom. The van der Waals surface area contributed by atoms with Crippen molar-refractivity contribution < 1.29 is 4.79 Å². The van der Waals surface area contributed by atoms with E-state index in [-0.39, 0.29) is 36.4 Å². The normalized spacial score (nSPS) is 10.7. The number of hydrogen-bond donors (Lipinski definition) is 3. The molecule has 0 aliphatic rings. The summed E-state index contributed by atoms with van der Waals surface area (Å²) in [5.41, 5.74) is 2.24. The quantitative estimate of drug-likeness (QED) is 0.331.